The number of rotatable bonds is 8. The number of carbonyl (C=O) groups is 1. The summed E-state index contributed by atoms with van der Waals surface area (Å²) in [6.45, 7) is 0.720. The molecule has 214 valence electrons. The Labute approximate surface area is 248 Å². The SMILES string of the molecule is O=C(CCC1CC1)c1cncc(-c2ccc3c(c2)c(-c2nc4c(-c5cccnc5)cncc4[nH]2)nn3C2CCCCO2)c1. The van der Waals surface area contributed by atoms with Crippen molar-refractivity contribution in [1.29, 1.82) is 0 Å². The van der Waals surface area contributed by atoms with Gasteiger partial charge in [0.25, 0.3) is 0 Å². The summed E-state index contributed by atoms with van der Waals surface area (Å²) in [6, 6.07) is 12.2. The fourth-order valence-corrected chi connectivity index (χ4v) is 6.05. The topological polar surface area (TPSA) is 111 Å². The van der Waals surface area contributed by atoms with Crippen molar-refractivity contribution in [3.05, 3.63) is 79.1 Å². The molecule has 2 aliphatic rings. The molecule has 1 aliphatic carbocycles. The van der Waals surface area contributed by atoms with Gasteiger partial charge in [0.05, 0.1) is 17.2 Å². The molecule has 5 aromatic heterocycles. The molecule has 0 bridgehead atoms. The maximum atomic E-state index is 12.9. The largest absolute Gasteiger partial charge is 0.356 e. The molecule has 9 heteroatoms. The molecule has 1 aromatic carbocycles. The lowest BCUT2D eigenvalue weighted by molar-refractivity contribution is -0.0365. The van der Waals surface area contributed by atoms with Gasteiger partial charge in [-0.15, -0.1) is 0 Å². The first kappa shape index (κ1) is 25.9. The van der Waals surface area contributed by atoms with Crippen LogP contribution in [0.3, 0.4) is 0 Å². The van der Waals surface area contributed by atoms with Crippen LogP contribution in [0.25, 0.3) is 55.7 Å². The van der Waals surface area contributed by atoms with Crippen LogP contribution in [0.15, 0.2) is 73.6 Å². The zero-order chi connectivity index (χ0) is 28.8. The highest BCUT2D eigenvalue weighted by molar-refractivity contribution is 5.99. The number of imidazole rings is 1. The maximum Gasteiger partial charge on any atom is 0.164 e. The molecule has 0 radical (unpaired) electrons. The first-order valence-corrected chi connectivity index (χ1v) is 15.1. The second-order valence-electron chi connectivity index (χ2n) is 11.6. The monoisotopic (exact) mass is 569 g/mol. The molecule has 8 rings (SSSR count). The number of benzene rings is 1. The highest BCUT2D eigenvalue weighted by Crippen LogP contribution is 2.37. The van der Waals surface area contributed by atoms with Crippen molar-refractivity contribution < 1.29 is 9.53 Å². The van der Waals surface area contributed by atoms with E-state index in [4.69, 9.17) is 14.8 Å². The predicted molar refractivity (Wildman–Crippen MR) is 164 cm³/mol. The Morgan fingerprint density at radius 2 is 1.84 bits per heavy atom. The summed E-state index contributed by atoms with van der Waals surface area (Å²) in [5, 5.41) is 6.05. The molecule has 1 aliphatic heterocycles. The highest BCUT2D eigenvalue weighted by Gasteiger charge is 2.25. The molecule has 1 unspecified atom stereocenters. The summed E-state index contributed by atoms with van der Waals surface area (Å²) >= 11 is 0. The van der Waals surface area contributed by atoms with E-state index in [0.29, 0.717) is 17.8 Å². The number of ketones is 1. The van der Waals surface area contributed by atoms with Gasteiger partial charge in [0.2, 0.25) is 0 Å². The van der Waals surface area contributed by atoms with Crippen molar-refractivity contribution >= 4 is 27.7 Å². The molecular weight excluding hydrogens is 538 g/mol. The molecule has 1 saturated carbocycles. The Bertz CT molecular complexity index is 1950. The van der Waals surface area contributed by atoms with Crippen molar-refractivity contribution in [3.63, 3.8) is 0 Å². The van der Waals surface area contributed by atoms with Crippen molar-refractivity contribution in [2.75, 3.05) is 6.61 Å². The fraction of sp³-hybridized carbons (Fsp3) is 0.294. The molecule has 0 spiro atoms. The van der Waals surface area contributed by atoms with Crippen LogP contribution < -0.4 is 0 Å². The Kier molecular flexibility index (Phi) is 6.52. The summed E-state index contributed by atoms with van der Waals surface area (Å²) in [5.41, 5.74) is 7.74. The summed E-state index contributed by atoms with van der Waals surface area (Å²) < 4.78 is 8.16. The Morgan fingerprint density at radius 3 is 2.67 bits per heavy atom. The lowest BCUT2D eigenvalue weighted by Crippen LogP contribution is -2.19. The molecule has 43 heavy (non-hydrogen) atoms. The van der Waals surface area contributed by atoms with E-state index in [0.717, 1.165) is 88.1 Å². The Balaban J connectivity index is 1.24. The number of Topliss-reactive ketones (excluding diaryl/α,β-unsaturated/α-hetero) is 1. The number of aromatic nitrogens is 7. The minimum atomic E-state index is -0.137. The normalized spacial score (nSPS) is 17.1. The number of pyridine rings is 3. The van der Waals surface area contributed by atoms with Crippen molar-refractivity contribution in [2.24, 2.45) is 5.92 Å². The number of hydrogen-bond acceptors (Lipinski definition) is 7. The van der Waals surface area contributed by atoms with E-state index in [9.17, 15) is 4.79 Å². The minimum Gasteiger partial charge on any atom is -0.356 e. The average Bonchev–Trinajstić information content (AvgIpc) is 3.67. The molecule has 0 amide bonds. The molecule has 1 N–H and O–H groups in total. The second-order valence-corrected chi connectivity index (χ2v) is 11.6. The van der Waals surface area contributed by atoms with Gasteiger partial charge < -0.3 is 9.72 Å². The zero-order valence-corrected chi connectivity index (χ0v) is 23.7. The van der Waals surface area contributed by atoms with Gasteiger partial charge in [0.15, 0.2) is 17.8 Å². The predicted octanol–water partition coefficient (Wildman–Crippen LogP) is 7.17. The van der Waals surface area contributed by atoms with Gasteiger partial charge in [0.1, 0.15) is 11.2 Å². The summed E-state index contributed by atoms with van der Waals surface area (Å²) in [7, 11) is 0. The van der Waals surface area contributed by atoms with Gasteiger partial charge in [-0.3, -0.25) is 19.7 Å². The van der Waals surface area contributed by atoms with Gasteiger partial charge in [-0.1, -0.05) is 25.0 Å². The molecule has 2 fully saturated rings. The number of fused-ring (bicyclic) bond motifs is 2. The van der Waals surface area contributed by atoms with Gasteiger partial charge in [-0.25, -0.2) is 9.67 Å². The smallest absolute Gasteiger partial charge is 0.164 e. The lowest BCUT2D eigenvalue weighted by atomic mass is 10.0. The molecule has 6 heterocycles. The van der Waals surface area contributed by atoms with Crippen LogP contribution in [0.5, 0.6) is 0 Å². The van der Waals surface area contributed by atoms with Crippen molar-refractivity contribution in [2.45, 2.75) is 51.2 Å². The number of nitrogens with zero attached hydrogens (tertiary/aromatic N) is 6. The van der Waals surface area contributed by atoms with Crippen LogP contribution in [0, 0.1) is 5.92 Å². The van der Waals surface area contributed by atoms with E-state index < -0.39 is 0 Å². The van der Waals surface area contributed by atoms with Crippen LogP contribution in [0.4, 0.5) is 0 Å². The van der Waals surface area contributed by atoms with E-state index in [1.54, 1.807) is 18.6 Å². The van der Waals surface area contributed by atoms with E-state index in [1.807, 2.05) is 41.5 Å². The van der Waals surface area contributed by atoms with Crippen molar-refractivity contribution in [3.8, 4) is 33.8 Å². The van der Waals surface area contributed by atoms with E-state index in [-0.39, 0.29) is 12.0 Å². The maximum absolute atomic E-state index is 12.9. The van der Waals surface area contributed by atoms with E-state index >= 15 is 0 Å². The molecule has 6 aromatic rings. The highest BCUT2D eigenvalue weighted by atomic mass is 16.5. The molecular formula is C34H31N7O2. The van der Waals surface area contributed by atoms with Crippen LogP contribution in [-0.2, 0) is 4.74 Å². The van der Waals surface area contributed by atoms with Crippen LogP contribution in [0.1, 0.15) is 61.5 Å². The fourth-order valence-electron chi connectivity index (χ4n) is 6.05. The molecule has 1 atom stereocenters. The number of H-pyrrole nitrogens is 1. The standard InChI is InChI=1S/C34H31N7O2/c42-30(11-8-21-6-7-21)25-14-24(17-36-18-25)22-9-10-29-26(15-22)33(40-41(29)31-5-1-2-13-43-31)34-38-28-20-37-19-27(32(28)39-34)23-4-3-12-35-16-23/h3-4,9-10,12,14-21,31H,1-2,5-8,11,13H2,(H,38,39). The van der Waals surface area contributed by atoms with Crippen molar-refractivity contribution in [1.82, 2.24) is 34.7 Å². The van der Waals surface area contributed by atoms with Gasteiger partial charge >= 0.3 is 0 Å². The third-order valence-electron chi connectivity index (χ3n) is 8.60. The van der Waals surface area contributed by atoms with E-state index in [1.165, 1.54) is 12.8 Å². The van der Waals surface area contributed by atoms with Gasteiger partial charge in [-0.05, 0) is 61.4 Å². The molecule has 9 nitrogen and oxygen atoms in total. The summed E-state index contributed by atoms with van der Waals surface area (Å²) in [4.78, 5) is 34.6. The Hall–Kier alpha value is -4.76. The lowest BCUT2D eigenvalue weighted by Gasteiger charge is -2.23. The number of aromatic amines is 1. The Morgan fingerprint density at radius 1 is 0.930 bits per heavy atom. The van der Waals surface area contributed by atoms with Gasteiger partial charge in [0, 0.05) is 71.7 Å². The quantitative estimate of drug-likeness (QED) is 0.193. The third-order valence-corrected chi connectivity index (χ3v) is 8.60. The zero-order valence-electron chi connectivity index (χ0n) is 23.7. The van der Waals surface area contributed by atoms with Gasteiger partial charge in [-0.2, -0.15) is 5.10 Å². The number of nitrogens with one attached hydrogen (secondary N) is 1. The second kappa shape index (κ2) is 10.8. The van der Waals surface area contributed by atoms with Crippen LogP contribution in [-0.4, -0.2) is 47.1 Å². The van der Waals surface area contributed by atoms with Crippen LogP contribution in [0.2, 0.25) is 0 Å². The summed E-state index contributed by atoms with van der Waals surface area (Å²) in [6.07, 6.45) is 17.7. The first-order valence-electron chi connectivity index (χ1n) is 15.1. The summed E-state index contributed by atoms with van der Waals surface area (Å²) in [5.74, 6) is 1.54. The number of carbonyl (C=O) groups excluding carboxylic acids is 1. The van der Waals surface area contributed by atoms with E-state index in [2.05, 4.69) is 38.1 Å². The number of ether oxygens (including phenoxy) is 1. The molecule has 1 saturated heterocycles. The number of hydrogen-bond donors (Lipinski definition) is 1. The third kappa shape index (κ3) is 4.99. The average molecular weight is 570 g/mol. The first-order chi connectivity index (χ1) is 21.2. The minimum absolute atomic E-state index is 0.137. The van der Waals surface area contributed by atoms with Crippen LogP contribution >= 0.6 is 0 Å².